The zero-order valence-corrected chi connectivity index (χ0v) is 14.1. The van der Waals surface area contributed by atoms with Gasteiger partial charge < -0.3 is 5.32 Å². The zero-order valence-electron chi connectivity index (χ0n) is 13.3. The molecule has 0 radical (unpaired) electrons. The van der Waals surface area contributed by atoms with Gasteiger partial charge in [-0.2, -0.15) is 0 Å². The lowest BCUT2D eigenvalue weighted by Crippen LogP contribution is -2.35. The Balaban J connectivity index is 1.98. The zero-order chi connectivity index (χ0) is 17.6. The fourth-order valence-electron chi connectivity index (χ4n) is 2.21. The highest BCUT2D eigenvalue weighted by Crippen LogP contribution is 2.21. The second-order valence-electron chi connectivity index (χ2n) is 5.30. The summed E-state index contributed by atoms with van der Waals surface area (Å²) in [5.74, 6) is -0.948. The molecule has 0 saturated carbocycles. The van der Waals surface area contributed by atoms with Crippen molar-refractivity contribution < 1.29 is 17.6 Å². The second-order valence-corrected chi connectivity index (χ2v) is 7.21. The van der Waals surface area contributed by atoms with E-state index in [1.807, 2.05) is 30.3 Å². The maximum Gasteiger partial charge on any atom is 0.232 e. The lowest BCUT2D eigenvalue weighted by atomic mass is 10.2. The quantitative estimate of drug-likeness (QED) is 0.833. The first-order valence-electron chi connectivity index (χ1n) is 7.41. The van der Waals surface area contributed by atoms with E-state index in [4.69, 9.17) is 0 Å². The summed E-state index contributed by atoms with van der Waals surface area (Å²) < 4.78 is 38.6. The lowest BCUT2D eigenvalue weighted by molar-refractivity contribution is -0.121. The fourth-order valence-corrected chi connectivity index (χ4v) is 3.14. The monoisotopic (exact) mass is 350 g/mol. The van der Waals surface area contributed by atoms with Gasteiger partial charge in [-0.05, 0) is 17.7 Å². The third-order valence-corrected chi connectivity index (χ3v) is 4.58. The predicted octanol–water partition coefficient (Wildman–Crippen LogP) is 2.30. The Bertz CT molecular complexity index is 794. The van der Waals surface area contributed by atoms with Crippen LogP contribution in [-0.2, 0) is 21.4 Å². The number of benzene rings is 2. The number of carbonyl (C=O) groups is 1. The summed E-state index contributed by atoms with van der Waals surface area (Å²) in [6.45, 7) is 0.235. The Hall–Kier alpha value is -2.41. The van der Waals surface area contributed by atoms with E-state index in [0.29, 0.717) is 6.54 Å². The number of anilines is 1. The summed E-state index contributed by atoms with van der Waals surface area (Å²) in [5, 5.41) is 2.72. The highest BCUT2D eigenvalue weighted by molar-refractivity contribution is 7.92. The Labute approximate surface area is 141 Å². The molecule has 0 atom stereocenters. The third-order valence-electron chi connectivity index (χ3n) is 3.40. The molecule has 5 nitrogen and oxygen atoms in total. The molecule has 1 N–H and O–H groups in total. The number of rotatable bonds is 7. The lowest BCUT2D eigenvalue weighted by Gasteiger charge is -2.22. The van der Waals surface area contributed by atoms with Crippen LogP contribution in [0.15, 0.2) is 54.6 Å². The third kappa shape index (κ3) is 5.06. The Morgan fingerprint density at radius 2 is 1.71 bits per heavy atom. The fraction of sp³-hybridized carbons (Fsp3) is 0.235. The molecule has 2 aromatic carbocycles. The minimum absolute atomic E-state index is 0.0594. The average Bonchev–Trinajstić information content (AvgIpc) is 2.54. The van der Waals surface area contributed by atoms with Gasteiger partial charge in [0, 0.05) is 19.5 Å². The first kappa shape index (κ1) is 17.9. The Morgan fingerprint density at radius 3 is 2.33 bits per heavy atom. The molecule has 0 aromatic heterocycles. The molecule has 0 saturated heterocycles. The van der Waals surface area contributed by atoms with Crippen LogP contribution in [0, 0.1) is 5.82 Å². The van der Waals surface area contributed by atoms with E-state index >= 15 is 0 Å². The smallest absolute Gasteiger partial charge is 0.232 e. The van der Waals surface area contributed by atoms with Crippen LogP contribution >= 0.6 is 0 Å². The highest BCUT2D eigenvalue weighted by Gasteiger charge is 2.21. The van der Waals surface area contributed by atoms with E-state index < -0.39 is 15.8 Å². The number of nitrogens with zero attached hydrogens (tertiary/aromatic N) is 1. The van der Waals surface area contributed by atoms with Gasteiger partial charge in [-0.1, -0.05) is 42.5 Å². The molecule has 1 amide bonds. The van der Waals surface area contributed by atoms with Gasteiger partial charge in [0.05, 0.1) is 11.9 Å². The van der Waals surface area contributed by atoms with Crippen molar-refractivity contribution in [1.82, 2.24) is 5.32 Å². The molecule has 0 aliphatic carbocycles. The van der Waals surface area contributed by atoms with E-state index in [2.05, 4.69) is 5.32 Å². The highest BCUT2D eigenvalue weighted by atomic mass is 32.2. The van der Waals surface area contributed by atoms with E-state index in [-0.39, 0.29) is 24.6 Å². The summed E-state index contributed by atoms with van der Waals surface area (Å²) in [6, 6.07) is 14.9. The van der Waals surface area contributed by atoms with Crippen molar-refractivity contribution in [3.63, 3.8) is 0 Å². The number of hydrogen-bond donors (Lipinski definition) is 1. The maximum atomic E-state index is 13.9. The first-order chi connectivity index (χ1) is 11.4. The van der Waals surface area contributed by atoms with Gasteiger partial charge in [0.2, 0.25) is 15.9 Å². The van der Waals surface area contributed by atoms with Crippen LogP contribution in [0.5, 0.6) is 0 Å². The summed E-state index contributed by atoms with van der Waals surface area (Å²) in [4.78, 5) is 11.9. The SMILES string of the molecule is CS(=O)(=O)N(CCC(=O)NCc1ccccc1)c1ccccc1F. The number of para-hydroxylation sites is 1. The van der Waals surface area contributed by atoms with Gasteiger partial charge in [-0.25, -0.2) is 12.8 Å². The van der Waals surface area contributed by atoms with Crippen LogP contribution in [0.3, 0.4) is 0 Å². The summed E-state index contributed by atoms with van der Waals surface area (Å²) in [5.41, 5.74) is 0.885. The number of halogens is 1. The van der Waals surface area contributed by atoms with Crippen molar-refractivity contribution in [2.45, 2.75) is 13.0 Å². The van der Waals surface area contributed by atoms with Crippen LogP contribution in [0.4, 0.5) is 10.1 Å². The van der Waals surface area contributed by atoms with Gasteiger partial charge in [0.25, 0.3) is 0 Å². The molecule has 0 spiro atoms. The molecule has 0 bridgehead atoms. The minimum Gasteiger partial charge on any atom is -0.352 e. The number of amides is 1. The van der Waals surface area contributed by atoms with Crippen molar-refractivity contribution in [2.24, 2.45) is 0 Å². The summed E-state index contributed by atoms with van der Waals surface area (Å²) >= 11 is 0. The Morgan fingerprint density at radius 1 is 1.08 bits per heavy atom. The van der Waals surface area contributed by atoms with E-state index in [0.717, 1.165) is 16.1 Å². The summed E-state index contributed by atoms with van der Waals surface area (Å²) in [6.07, 6.45) is 0.926. The van der Waals surface area contributed by atoms with E-state index in [1.54, 1.807) is 6.07 Å². The predicted molar refractivity (Wildman–Crippen MR) is 91.5 cm³/mol. The van der Waals surface area contributed by atoms with Crippen LogP contribution in [0.2, 0.25) is 0 Å². The van der Waals surface area contributed by atoms with Crippen molar-refractivity contribution >= 4 is 21.6 Å². The molecular formula is C17H19FN2O3S. The summed E-state index contributed by atoms with van der Waals surface area (Å²) in [7, 11) is -3.69. The van der Waals surface area contributed by atoms with Gasteiger partial charge in [-0.15, -0.1) is 0 Å². The van der Waals surface area contributed by atoms with Gasteiger partial charge >= 0.3 is 0 Å². The van der Waals surface area contributed by atoms with Gasteiger partial charge in [-0.3, -0.25) is 9.10 Å². The van der Waals surface area contributed by atoms with Crippen molar-refractivity contribution in [3.8, 4) is 0 Å². The minimum atomic E-state index is -3.69. The van der Waals surface area contributed by atoms with E-state index in [9.17, 15) is 17.6 Å². The average molecular weight is 350 g/mol. The van der Waals surface area contributed by atoms with Gasteiger partial charge in [0.15, 0.2) is 0 Å². The normalized spacial score (nSPS) is 11.1. The van der Waals surface area contributed by atoms with Crippen molar-refractivity contribution in [2.75, 3.05) is 17.1 Å². The second kappa shape index (κ2) is 7.92. The van der Waals surface area contributed by atoms with Crippen molar-refractivity contribution in [3.05, 3.63) is 66.0 Å². The molecule has 7 heteroatoms. The topological polar surface area (TPSA) is 66.5 Å². The molecule has 2 aromatic rings. The number of carbonyl (C=O) groups excluding carboxylic acids is 1. The van der Waals surface area contributed by atoms with Crippen LogP contribution < -0.4 is 9.62 Å². The number of sulfonamides is 1. The van der Waals surface area contributed by atoms with Crippen LogP contribution in [0.25, 0.3) is 0 Å². The molecular weight excluding hydrogens is 331 g/mol. The van der Waals surface area contributed by atoms with Crippen LogP contribution in [0.1, 0.15) is 12.0 Å². The molecule has 24 heavy (non-hydrogen) atoms. The van der Waals surface area contributed by atoms with E-state index in [1.165, 1.54) is 18.2 Å². The van der Waals surface area contributed by atoms with Crippen LogP contribution in [-0.4, -0.2) is 27.1 Å². The molecule has 0 fully saturated rings. The molecule has 2 rings (SSSR count). The molecule has 128 valence electrons. The molecule has 0 unspecified atom stereocenters. The molecule has 0 heterocycles. The number of nitrogens with one attached hydrogen (secondary N) is 1. The maximum absolute atomic E-state index is 13.9. The standard InChI is InChI=1S/C17H19FN2O3S/c1-24(22,23)20(16-10-6-5-9-15(16)18)12-11-17(21)19-13-14-7-3-2-4-8-14/h2-10H,11-13H2,1H3,(H,19,21). The van der Waals surface area contributed by atoms with Crippen molar-refractivity contribution in [1.29, 1.82) is 0 Å². The number of hydrogen-bond acceptors (Lipinski definition) is 3. The molecule has 0 aliphatic heterocycles. The molecule has 0 aliphatic rings. The largest absolute Gasteiger partial charge is 0.352 e. The Kier molecular flexibility index (Phi) is 5.92. The first-order valence-corrected chi connectivity index (χ1v) is 9.25. The van der Waals surface area contributed by atoms with Gasteiger partial charge in [0.1, 0.15) is 5.82 Å².